The summed E-state index contributed by atoms with van der Waals surface area (Å²) in [6.45, 7) is 0.794. The lowest BCUT2D eigenvalue weighted by Gasteiger charge is -2.33. The molecule has 0 unspecified atom stereocenters. The van der Waals surface area contributed by atoms with Gasteiger partial charge >= 0.3 is 0 Å². The molecule has 0 bridgehead atoms. The molecule has 0 aliphatic heterocycles. The number of hydrogen-bond donors (Lipinski definition) is 1. The van der Waals surface area contributed by atoms with Crippen molar-refractivity contribution in [3.05, 3.63) is 5.82 Å². The first-order chi connectivity index (χ1) is 8.19. The fourth-order valence-electron chi connectivity index (χ4n) is 2.54. The molecule has 17 heavy (non-hydrogen) atoms. The molecular weight excluding hydrogens is 216 g/mol. The van der Waals surface area contributed by atoms with Crippen molar-refractivity contribution in [3.63, 3.8) is 0 Å². The Hall–Kier alpha value is -1.01. The Morgan fingerprint density at radius 1 is 1.35 bits per heavy atom. The van der Waals surface area contributed by atoms with Gasteiger partial charge in [-0.3, -0.25) is 4.90 Å². The Balaban J connectivity index is 1.82. The van der Waals surface area contributed by atoms with Gasteiger partial charge < -0.3 is 5.32 Å². The normalized spacial score (nSPS) is 25.4. The van der Waals surface area contributed by atoms with Gasteiger partial charge in [0.15, 0.2) is 5.82 Å². The van der Waals surface area contributed by atoms with E-state index in [4.69, 9.17) is 0 Å². The third kappa shape index (κ3) is 3.23. The summed E-state index contributed by atoms with van der Waals surface area (Å²) in [5, 5.41) is 15.5. The highest BCUT2D eigenvalue weighted by Crippen LogP contribution is 2.22. The smallest absolute Gasteiger partial charge is 0.188 e. The van der Waals surface area contributed by atoms with Crippen LogP contribution in [0.15, 0.2) is 0 Å². The molecule has 0 saturated heterocycles. The summed E-state index contributed by atoms with van der Waals surface area (Å²) in [6, 6.07) is 1.36. The largest absolute Gasteiger partial charge is 0.317 e. The lowest BCUT2D eigenvalue weighted by Crippen LogP contribution is -2.39. The van der Waals surface area contributed by atoms with Gasteiger partial charge in [-0.15, -0.1) is 10.2 Å². The Kier molecular flexibility index (Phi) is 4.06. The Morgan fingerprint density at radius 3 is 2.59 bits per heavy atom. The summed E-state index contributed by atoms with van der Waals surface area (Å²) >= 11 is 0. The van der Waals surface area contributed by atoms with Gasteiger partial charge in [-0.1, -0.05) is 0 Å². The quantitative estimate of drug-likeness (QED) is 0.810. The second kappa shape index (κ2) is 5.55. The van der Waals surface area contributed by atoms with Crippen LogP contribution in [0.4, 0.5) is 0 Å². The summed E-state index contributed by atoms with van der Waals surface area (Å²) in [5.74, 6) is 0.811. The van der Waals surface area contributed by atoms with Crippen LogP contribution in [0.3, 0.4) is 0 Å². The molecule has 1 aliphatic carbocycles. The van der Waals surface area contributed by atoms with E-state index in [9.17, 15) is 0 Å². The molecule has 1 aromatic heterocycles. The Labute approximate surface area is 102 Å². The van der Waals surface area contributed by atoms with E-state index < -0.39 is 0 Å². The predicted molar refractivity (Wildman–Crippen MR) is 65.4 cm³/mol. The van der Waals surface area contributed by atoms with Crippen LogP contribution < -0.4 is 5.32 Å². The lowest BCUT2D eigenvalue weighted by molar-refractivity contribution is 0.166. The van der Waals surface area contributed by atoms with Crippen molar-refractivity contribution in [3.8, 4) is 0 Å². The van der Waals surface area contributed by atoms with E-state index in [2.05, 4.69) is 39.7 Å². The van der Waals surface area contributed by atoms with Crippen LogP contribution in [-0.4, -0.2) is 51.3 Å². The van der Waals surface area contributed by atoms with Gasteiger partial charge in [0.1, 0.15) is 0 Å². The maximum atomic E-state index is 4.22. The molecule has 0 radical (unpaired) electrons. The molecule has 2 rings (SSSR count). The highest BCUT2D eigenvalue weighted by molar-refractivity contribution is 4.84. The van der Waals surface area contributed by atoms with E-state index in [0.717, 1.165) is 12.4 Å². The van der Waals surface area contributed by atoms with E-state index in [1.54, 1.807) is 7.05 Å². The van der Waals surface area contributed by atoms with Crippen molar-refractivity contribution < 1.29 is 0 Å². The number of aryl methyl sites for hydroxylation is 1. The monoisotopic (exact) mass is 238 g/mol. The van der Waals surface area contributed by atoms with Gasteiger partial charge in [0, 0.05) is 12.1 Å². The number of tetrazole rings is 1. The molecule has 0 amide bonds. The minimum atomic E-state index is 0.656. The first-order valence-corrected chi connectivity index (χ1v) is 6.29. The predicted octanol–water partition coefficient (Wildman–Crippen LogP) is 0.172. The lowest BCUT2D eigenvalue weighted by atomic mass is 9.90. The topological polar surface area (TPSA) is 58.9 Å². The summed E-state index contributed by atoms with van der Waals surface area (Å²) in [7, 11) is 6.01. The number of hydrogen-bond acceptors (Lipinski definition) is 5. The van der Waals surface area contributed by atoms with Crippen molar-refractivity contribution in [1.82, 2.24) is 30.4 Å². The summed E-state index contributed by atoms with van der Waals surface area (Å²) in [6.07, 6.45) is 5.03. The second-order valence-electron chi connectivity index (χ2n) is 4.90. The molecule has 96 valence electrons. The maximum absolute atomic E-state index is 4.22. The van der Waals surface area contributed by atoms with Gasteiger partial charge in [0.05, 0.1) is 13.6 Å². The highest BCUT2D eigenvalue weighted by atomic mass is 15.6. The van der Waals surface area contributed by atoms with Crippen LogP contribution in [0.2, 0.25) is 0 Å². The van der Waals surface area contributed by atoms with Crippen molar-refractivity contribution in [2.24, 2.45) is 7.05 Å². The van der Waals surface area contributed by atoms with E-state index in [-0.39, 0.29) is 0 Å². The number of rotatable bonds is 4. The minimum absolute atomic E-state index is 0.656. The first kappa shape index (κ1) is 12.4. The van der Waals surface area contributed by atoms with Crippen LogP contribution in [-0.2, 0) is 13.6 Å². The van der Waals surface area contributed by atoms with Crippen LogP contribution >= 0.6 is 0 Å². The molecule has 6 heteroatoms. The third-order valence-electron chi connectivity index (χ3n) is 3.67. The van der Waals surface area contributed by atoms with Gasteiger partial charge in [0.2, 0.25) is 0 Å². The van der Waals surface area contributed by atoms with Crippen LogP contribution in [0, 0.1) is 0 Å². The van der Waals surface area contributed by atoms with Gasteiger partial charge in [0.25, 0.3) is 0 Å². The average molecular weight is 238 g/mol. The summed E-state index contributed by atoms with van der Waals surface area (Å²) in [4.78, 5) is 3.87. The molecule has 0 spiro atoms. The van der Waals surface area contributed by atoms with Crippen molar-refractivity contribution >= 4 is 0 Å². The zero-order chi connectivity index (χ0) is 12.3. The molecular formula is C11H22N6. The van der Waals surface area contributed by atoms with E-state index in [1.165, 1.54) is 30.5 Å². The fraction of sp³-hybridized carbons (Fsp3) is 0.909. The standard InChI is InChI=1S/C11H22N6/c1-12-9-4-6-10(7-5-9)16(2)8-11-13-15-17(3)14-11/h9-10,12H,4-8H2,1-3H3. The van der Waals surface area contributed by atoms with Crippen LogP contribution in [0.5, 0.6) is 0 Å². The Bertz CT molecular complexity index is 341. The van der Waals surface area contributed by atoms with E-state index >= 15 is 0 Å². The average Bonchev–Trinajstić information content (AvgIpc) is 2.75. The number of nitrogens with one attached hydrogen (secondary N) is 1. The SMILES string of the molecule is CNC1CCC(N(C)Cc2nnn(C)n2)CC1. The number of nitrogens with zero attached hydrogens (tertiary/aromatic N) is 5. The molecule has 6 nitrogen and oxygen atoms in total. The summed E-state index contributed by atoms with van der Waals surface area (Å²) < 4.78 is 0. The van der Waals surface area contributed by atoms with Crippen molar-refractivity contribution in [2.45, 2.75) is 44.3 Å². The van der Waals surface area contributed by atoms with Gasteiger partial charge in [-0.25, -0.2) is 0 Å². The second-order valence-corrected chi connectivity index (χ2v) is 4.90. The Morgan fingerprint density at radius 2 is 2.06 bits per heavy atom. The number of aromatic nitrogens is 4. The molecule has 1 aromatic rings. The molecule has 1 heterocycles. The zero-order valence-electron chi connectivity index (χ0n) is 10.9. The van der Waals surface area contributed by atoms with Crippen LogP contribution in [0.25, 0.3) is 0 Å². The van der Waals surface area contributed by atoms with E-state index in [1.807, 2.05) is 0 Å². The third-order valence-corrected chi connectivity index (χ3v) is 3.67. The van der Waals surface area contributed by atoms with E-state index in [0.29, 0.717) is 12.1 Å². The van der Waals surface area contributed by atoms with Crippen LogP contribution in [0.1, 0.15) is 31.5 Å². The summed E-state index contributed by atoms with van der Waals surface area (Å²) in [5.41, 5.74) is 0. The maximum Gasteiger partial charge on any atom is 0.188 e. The molecule has 1 saturated carbocycles. The highest BCUT2D eigenvalue weighted by Gasteiger charge is 2.23. The zero-order valence-corrected chi connectivity index (χ0v) is 10.9. The van der Waals surface area contributed by atoms with Gasteiger partial charge in [-0.05, 0) is 45.0 Å². The molecule has 1 fully saturated rings. The van der Waals surface area contributed by atoms with Crippen molar-refractivity contribution in [2.75, 3.05) is 14.1 Å². The van der Waals surface area contributed by atoms with Gasteiger partial charge in [-0.2, -0.15) is 4.80 Å². The minimum Gasteiger partial charge on any atom is -0.317 e. The molecule has 0 atom stereocenters. The molecule has 0 aromatic carbocycles. The first-order valence-electron chi connectivity index (χ1n) is 6.29. The fourth-order valence-corrected chi connectivity index (χ4v) is 2.54. The molecule has 1 N–H and O–H groups in total. The van der Waals surface area contributed by atoms with Crippen molar-refractivity contribution in [1.29, 1.82) is 0 Å². The molecule has 1 aliphatic rings.